The predicted molar refractivity (Wildman–Crippen MR) is 61.4 cm³/mol. The summed E-state index contributed by atoms with van der Waals surface area (Å²) < 4.78 is 39.7. The molecule has 0 fully saturated rings. The van der Waals surface area contributed by atoms with Crippen LogP contribution in [0.2, 0.25) is 5.02 Å². The summed E-state index contributed by atoms with van der Waals surface area (Å²) >= 11 is 5.80. The molecule has 0 amide bonds. The van der Waals surface area contributed by atoms with Crippen molar-refractivity contribution in [3.05, 3.63) is 47.6 Å². The molecule has 0 aliphatic rings. The summed E-state index contributed by atoms with van der Waals surface area (Å²) in [5.74, 6) is -0.270. The summed E-state index contributed by atoms with van der Waals surface area (Å²) in [6, 6.07) is 8.67. The van der Waals surface area contributed by atoms with E-state index in [0.717, 1.165) is 0 Å². The van der Waals surface area contributed by atoms with Crippen molar-refractivity contribution in [3.63, 3.8) is 0 Å². The molecule has 2 aromatic rings. The third kappa shape index (κ3) is 3.37. The number of alkyl halides is 3. The Kier molecular flexibility index (Phi) is 3.43. The van der Waals surface area contributed by atoms with Crippen molar-refractivity contribution in [1.82, 2.24) is 4.98 Å². The van der Waals surface area contributed by atoms with E-state index < -0.39 is 6.36 Å². The zero-order valence-corrected chi connectivity index (χ0v) is 9.66. The van der Waals surface area contributed by atoms with Crippen LogP contribution in [-0.4, -0.2) is 11.3 Å². The molecule has 0 N–H and O–H groups in total. The lowest BCUT2D eigenvalue weighted by Gasteiger charge is -2.09. The van der Waals surface area contributed by atoms with Crippen LogP contribution in [0.5, 0.6) is 5.75 Å². The molecule has 94 valence electrons. The maximum atomic E-state index is 12.0. The first-order valence-corrected chi connectivity index (χ1v) is 5.29. The van der Waals surface area contributed by atoms with Crippen molar-refractivity contribution in [2.45, 2.75) is 6.36 Å². The minimum absolute atomic E-state index is 0.270. The van der Waals surface area contributed by atoms with E-state index in [1.165, 1.54) is 30.5 Å². The molecule has 0 aliphatic heterocycles. The molecule has 1 aromatic heterocycles. The Morgan fingerprint density at radius 3 is 2.28 bits per heavy atom. The Labute approximate surface area is 106 Å². The fourth-order valence-electron chi connectivity index (χ4n) is 1.39. The summed E-state index contributed by atoms with van der Waals surface area (Å²) in [4.78, 5) is 4.07. The Morgan fingerprint density at radius 2 is 1.72 bits per heavy atom. The lowest BCUT2D eigenvalue weighted by molar-refractivity contribution is -0.274. The van der Waals surface area contributed by atoms with Crippen LogP contribution in [0.1, 0.15) is 0 Å². The van der Waals surface area contributed by atoms with Crippen molar-refractivity contribution in [2.24, 2.45) is 0 Å². The average Bonchev–Trinajstić information content (AvgIpc) is 2.28. The number of ether oxygens (including phenoxy) is 1. The highest BCUT2D eigenvalue weighted by molar-refractivity contribution is 6.30. The number of halogens is 4. The van der Waals surface area contributed by atoms with Crippen LogP contribution in [0.15, 0.2) is 42.6 Å². The first-order valence-electron chi connectivity index (χ1n) is 4.92. The Bertz CT molecular complexity index is 540. The minimum Gasteiger partial charge on any atom is -0.406 e. The van der Waals surface area contributed by atoms with Crippen LogP contribution in [0, 0.1) is 0 Å². The molecule has 18 heavy (non-hydrogen) atoms. The number of pyridine rings is 1. The van der Waals surface area contributed by atoms with Crippen molar-refractivity contribution in [2.75, 3.05) is 0 Å². The van der Waals surface area contributed by atoms with Gasteiger partial charge in [-0.3, -0.25) is 4.98 Å². The summed E-state index contributed by atoms with van der Waals surface area (Å²) in [5.41, 5.74) is 1.24. The largest absolute Gasteiger partial charge is 0.573 e. The van der Waals surface area contributed by atoms with Crippen molar-refractivity contribution < 1.29 is 17.9 Å². The van der Waals surface area contributed by atoms with Crippen LogP contribution in [0.3, 0.4) is 0 Å². The van der Waals surface area contributed by atoms with Crippen LogP contribution < -0.4 is 4.74 Å². The minimum atomic E-state index is -4.68. The second kappa shape index (κ2) is 4.86. The maximum Gasteiger partial charge on any atom is 0.573 e. The number of hydrogen-bond acceptors (Lipinski definition) is 2. The van der Waals surface area contributed by atoms with E-state index in [2.05, 4.69) is 9.72 Å². The van der Waals surface area contributed by atoms with E-state index in [-0.39, 0.29) is 5.75 Å². The van der Waals surface area contributed by atoms with Crippen LogP contribution >= 0.6 is 11.6 Å². The monoisotopic (exact) mass is 273 g/mol. The van der Waals surface area contributed by atoms with Gasteiger partial charge in [0.15, 0.2) is 0 Å². The summed E-state index contributed by atoms with van der Waals surface area (Å²) in [6.07, 6.45) is -3.16. The molecule has 2 rings (SSSR count). The second-order valence-corrected chi connectivity index (χ2v) is 3.87. The number of nitrogens with zero attached hydrogens (tertiary/aromatic N) is 1. The van der Waals surface area contributed by atoms with Gasteiger partial charge in [0.2, 0.25) is 0 Å². The van der Waals surface area contributed by atoms with Crippen molar-refractivity contribution in [3.8, 4) is 17.0 Å². The topological polar surface area (TPSA) is 22.1 Å². The Balaban J connectivity index is 2.22. The molecule has 0 saturated carbocycles. The van der Waals surface area contributed by atoms with Gasteiger partial charge in [-0.2, -0.15) is 0 Å². The Morgan fingerprint density at radius 1 is 1.06 bits per heavy atom. The summed E-state index contributed by atoms with van der Waals surface area (Å²) in [5, 5.41) is 0.510. The van der Waals surface area contributed by atoms with E-state index in [1.54, 1.807) is 12.1 Å². The van der Waals surface area contributed by atoms with Gasteiger partial charge in [-0.25, -0.2) is 0 Å². The number of hydrogen-bond donors (Lipinski definition) is 0. The highest BCUT2D eigenvalue weighted by Crippen LogP contribution is 2.26. The van der Waals surface area contributed by atoms with E-state index in [4.69, 9.17) is 11.6 Å². The van der Waals surface area contributed by atoms with Gasteiger partial charge in [-0.15, -0.1) is 13.2 Å². The molecule has 2 nitrogen and oxygen atoms in total. The smallest absolute Gasteiger partial charge is 0.406 e. The number of aromatic nitrogens is 1. The first kappa shape index (κ1) is 12.7. The van der Waals surface area contributed by atoms with Gasteiger partial charge < -0.3 is 4.74 Å². The fourth-order valence-corrected chi connectivity index (χ4v) is 1.55. The van der Waals surface area contributed by atoms with Gasteiger partial charge >= 0.3 is 6.36 Å². The van der Waals surface area contributed by atoms with Crippen molar-refractivity contribution >= 4 is 11.6 Å². The van der Waals surface area contributed by atoms with Gasteiger partial charge in [-0.05, 0) is 36.4 Å². The molecular formula is C12H7ClF3NO. The predicted octanol–water partition coefficient (Wildman–Crippen LogP) is 4.30. The molecule has 1 heterocycles. The molecular weight excluding hydrogens is 267 g/mol. The number of benzene rings is 1. The van der Waals surface area contributed by atoms with Gasteiger partial charge in [-0.1, -0.05) is 11.6 Å². The molecule has 6 heteroatoms. The average molecular weight is 274 g/mol. The SMILES string of the molecule is FC(F)(F)Oc1ccc(-c2cc(Cl)ccn2)cc1. The van der Waals surface area contributed by atoms with Crippen LogP contribution in [0.4, 0.5) is 13.2 Å². The molecule has 0 radical (unpaired) electrons. The van der Waals surface area contributed by atoms with Gasteiger partial charge in [0, 0.05) is 16.8 Å². The maximum absolute atomic E-state index is 12.0. The quantitative estimate of drug-likeness (QED) is 0.814. The molecule has 0 atom stereocenters. The molecule has 0 bridgehead atoms. The van der Waals surface area contributed by atoms with Crippen LogP contribution in [-0.2, 0) is 0 Å². The van der Waals surface area contributed by atoms with E-state index in [9.17, 15) is 13.2 Å². The summed E-state index contributed by atoms with van der Waals surface area (Å²) in [7, 11) is 0. The van der Waals surface area contributed by atoms with Gasteiger partial charge in [0.1, 0.15) is 5.75 Å². The van der Waals surface area contributed by atoms with Gasteiger partial charge in [0.25, 0.3) is 0 Å². The third-order valence-electron chi connectivity index (χ3n) is 2.11. The molecule has 1 aromatic carbocycles. The standard InChI is InChI=1S/C12H7ClF3NO/c13-9-5-6-17-11(7-9)8-1-3-10(4-2-8)18-12(14,15)16/h1-7H. The molecule has 0 unspecified atom stereocenters. The van der Waals surface area contributed by atoms with E-state index in [1.807, 2.05) is 0 Å². The number of rotatable bonds is 2. The van der Waals surface area contributed by atoms with Crippen LogP contribution in [0.25, 0.3) is 11.3 Å². The van der Waals surface area contributed by atoms with E-state index >= 15 is 0 Å². The molecule has 0 aliphatic carbocycles. The van der Waals surface area contributed by atoms with Crippen molar-refractivity contribution in [1.29, 1.82) is 0 Å². The highest BCUT2D eigenvalue weighted by atomic mass is 35.5. The van der Waals surface area contributed by atoms with E-state index in [0.29, 0.717) is 16.3 Å². The van der Waals surface area contributed by atoms with Gasteiger partial charge in [0.05, 0.1) is 5.69 Å². The third-order valence-corrected chi connectivity index (χ3v) is 2.34. The lowest BCUT2D eigenvalue weighted by Crippen LogP contribution is -2.16. The first-order chi connectivity index (χ1) is 8.44. The Hall–Kier alpha value is -1.75. The fraction of sp³-hybridized carbons (Fsp3) is 0.0833. The molecule has 0 spiro atoms. The zero-order valence-electron chi connectivity index (χ0n) is 8.91. The summed E-state index contributed by atoms with van der Waals surface area (Å²) in [6.45, 7) is 0. The zero-order chi connectivity index (χ0) is 13.2. The second-order valence-electron chi connectivity index (χ2n) is 3.43. The molecule has 0 saturated heterocycles. The highest BCUT2D eigenvalue weighted by Gasteiger charge is 2.30. The normalized spacial score (nSPS) is 11.3. The lowest BCUT2D eigenvalue weighted by atomic mass is 10.1.